The van der Waals surface area contributed by atoms with Crippen molar-refractivity contribution < 1.29 is 4.74 Å². The SMILES string of the molecule is COc1c(N)ncnc1N(C)Cc1ccc(Cl)s1. The van der Waals surface area contributed by atoms with Crippen LogP contribution in [0.1, 0.15) is 4.88 Å². The summed E-state index contributed by atoms with van der Waals surface area (Å²) in [5, 5.41) is 0. The van der Waals surface area contributed by atoms with E-state index < -0.39 is 0 Å². The summed E-state index contributed by atoms with van der Waals surface area (Å²) in [6, 6.07) is 3.86. The Bertz CT molecular complexity index is 546. The number of hydrogen-bond donors (Lipinski definition) is 1. The van der Waals surface area contributed by atoms with Crippen molar-refractivity contribution in [3.05, 3.63) is 27.7 Å². The number of nitrogens with zero attached hydrogens (tertiary/aromatic N) is 3. The van der Waals surface area contributed by atoms with E-state index in [9.17, 15) is 0 Å². The van der Waals surface area contributed by atoms with Gasteiger partial charge in [0, 0.05) is 11.9 Å². The molecule has 0 aliphatic rings. The molecule has 5 nitrogen and oxygen atoms in total. The van der Waals surface area contributed by atoms with E-state index in [4.69, 9.17) is 22.1 Å². The Morgan fingerprint density at radius 3 is 2.83 bits per heavy atom. The van der Waals surface area contributed by atoms with Gasteiger partial charge in [-0.1, -0.05) is 11.6 Å². The monoisotopic (exact) mass is 284 g/mol. The molecule has 0 radical (unpaired) electrons. The van der Waals surface area contributed by atoms with Crippen LogP contribution in [0, 0.1) is 0 Å². The van der Waals surface area contributed by atoms with Gasteiger partial charge in [0.25, 0.3) is 0 Å². The number of aromatic nitrogens is 2. The summed E-state index contributed by atoms with van der Waals surface area (Å²) in [6.07, 6.45) is 1.42. The second kappa shape index (κ2) is 5.41. The van der Waals surface area contributed by atoms with Crippen LogP contribution in [0.15, 0.2) is 18.5 Å². The van der Waals surface area contributed by atoms with Crippen LogP contribution in [-0.2, 0) is 6.54 Å². The Balaban J connectivity index is 2.23. The van der Waals surface area contributed by atoms with Gasteiger partial charge in [-0.3, -0.25) is 0 Å². The topological polar surface area (TPSA) is 64.3 Å². The number of thiophene rings is 1. The molecule has 0 unspecified atom stereocenters. The van der Waals surface area contributed by atoms with Gasteiger partial charge in [-0.25, -0.2) is 9.97 Å². The van der Waals surface area contributed by atoms with Crippen molar-refractivity contribution in [3.8, 4) is 5.75 Å². The van der Waals surface area contributed by atoms with Crippen molar-refractivity contribution in [2.75, 3.05) is 24.8 Å². The molecule has 96 valence electrons. The maximum absolute atomic E-state index is 5.90. The number of methoxy groups -OCH3 is 1. The lowest BCUT2D eigenvalue weighted by Gasteiger charge is -2.19. The third-order valence-corrected chi connectivity index (χ3v) is 3.62. The molecule has 0 aromatic carbocycles. The number of nitrogens with two attached hydrogens (primary N) is 1. The van der Waals surface area contributed by atoms with E-state index in [1.807, 2.05) is 24.1 Å². The molecule has 2 N–H and O–H groups in total. The molecule has 0 amide bonds. The summed E-state index contributed by atoms with van der Waals surface area (Å²) >= 11 is 7.44. The van der Waals surface area contributed by atoms with Crippen LogP contribution in [0.5, 0.6) is 5.75 Å². The molecule has 0 fully saturated rings. The Labute approximate surface area is 114 Å². The second-order valence-electron chi connectivity index (χ2n) is 3.68. The van der Waals surface area contributed by atoms with Gasteiger partial charge in [0.05, 0.1) is 18.0 Å². The van der Waals surface area contributed by atoms with E-state index in [-0.39, 0.29) is 0 Å². The molecule has 0 aliphatic heterocycles. The standard InChI is InChI=1S/C11H13ClN4OS/c1-16(5-7-3-4-8(12)18-7)11-9(17-2)10(13)14-6-15-11/h3-4,6H,5H2,1-2H3,(H2,13,14,15). The normalized spacial score (nSPS) is 10.4. The minimum atomic E-state index is 0.332. The van der Waals surface area contributed by atoms with Crippen LogP contribution in [0.4, 0.5) is 11.6 Å². The fourth-order valence-electron chi connectivity index (χ4n) is 1.59. The van der Waals surface area contributed by atoms with E-state index in [0.29, 0.717) is 23.9 Å². The van der Waals surface area contributed by atoms with Gasteiger partial charge in [0.15, 0.2) is 11.6 Å². The molecule has 2 heterocycles. The van der Waals surface area contributed by atoms with Gasteiger partial charge >= 0.3 is 0 Å². The predicted molar refractivity (Wildman–Crippen MR) is 74.4 cm³/mol. The molecule has 0 atom stereocenters. The van der Waals surface area contributed by atoms with Crippen molar-refractivity contribution in [3.63, 3.8) is 0 Å². The second-order valence-corrected chi connectivity index (χ2v) is 5.48. The molecule has 2 aromatic heterocycles. The molecule has 0 spiro atoms. The van der Waals surface area contributed by atoms with Crippen LogP contribution in [0.2, 0.25) is 4.34 Å². The summed E-state index contributed by atoms with van der Waals surface area (Å²) < 4.78 is 6.00. The van der Waals surface area contributed by atoms with Crippen molar-refractivity contribution in [1.29, 1.82) is 0 Å². The van der Waals surface area contributed by atoms with E-state index in [0.717, 1.165) is 9.21 Å². The lowest BCUT2D eigenvalue weighted by Crippen LogP contribution is -2.18. The van der Waals surface area contributed by atoms with Gasteiger partial charge in [0.2, 0.25) is 5.75 Å². The van der Waals surface area contributed by atoms with Crippen molar-refractivity contribution >= 4 is 34.6 Å². The summed E-state index contributed by atoms with van der Waals surface area (Å²) in [7, 11) is 3.46. The predicted octanol–water partition coefficient (Wildman–Crippen LogP) is 2.42. The minimum absolute atomic E-state index is 0.332. The van der Waals surface area contributed by atoms with Crippen molar-refractivity contribution in [1.82, 2.24) is 9.97 Å². The van der Waals surface area contributed by atoms with E-state index in [1.165, 1.54) is 17.7 Å². The molecule has 7 heteroatoms. The summed E-state index contributed by atoms with van der Waals surface area (Å²) in [6.45, 7) is 0.685. The highest BCUT2D eigenvalue weighted by molar-refractivity contribution is 7.16. The Kier molecular flexibility index (Phi) is 3.88. The van der Waals surface area contributed by atoms with Gasteiger partial charge in [0.1, 0.15) is 6.33 Å². The van der Waals surface area contributed by atoms with Gasteiger partial charge in [-0.2, -0.15) is 0 Å². The third kappa shape index (κ3) is 2.65. The summed E-state index contributed by atoms with van der Waals surface area (Å²) in [5.74, 6) is 1.48. The quantitative estimate of drug-likeness (QED) is 0.934. The zero-order valence-corrected chi connectivity index (χ0v) is 11.6. The zero-order valence-electron chi connectivity index (χ0n) is 10.1. The molecule has 0 saturated heterocycles. The molecule has 0 aliphatic carbocycles. The number of hydrogen-bond acceptors (Lipinski definition) is 6. The van der Waals surface area contributed by atoms with Crippen molar-refractivity contribution in [2.45, 2.75) is 6.54 Å². The summed E-state index contributed by atoms with van der Waals surface area (Å²) in [4.78, 5) is 11.2. The first-order valence-corrected chi connectivity index (χ1v) is 6.41. The highest BCUT2D eigenvalue weighted by atomic mass is 35.5. The summed E-state index contributed by atoms with van der Waals surface area (Å²) in [5.41, 5.74) is 5.75. The van der Waals surface area contributed by atoms with Crippen LogP contribution >= 0.6 is 22.9 Å². The molecule has 2 rings (SSSR count). The van der Waals surface area contributed by atoms with E-state index in [1.54, 1.807) is 7.11 Å². The first kappa shape index (κ1) is 12.9. The van der Waals surface area contributed by atoms with Gasteiger partial charge in [-0.05, 0) is 12.1 Å². The Hall–Kier alpha value is -1.53. The number of anilines is 2. The van der Waals surface area contributed by atoms with Crippen LogP contribution in [0.25, 0.3) is 0 Å². The van der Waals surface area contributed by atoms with Crippen LogP contribution < -0.4 is 15.4 Å². The first-order chi connectivity index (χ1) is 8.61. The van der Waals surface area contributed by atoms with Crippen LogP contribution in [-0.4, -0.2) is 24.1 Å². The maximum Gasteiger partial charge on any atom is 0.204 e. The smallest absolute Gasteiger partial charge is 0.204 e. The fourth-order valence-corrected chi connectivity index (χ4v) is 2.73. The number of nitrogen functional groups attached to an aromatic ring is 1. The first-order valence-electron chi connectivity index (χ1n) is 5.21. The van der Waals surface area contributed by atoms with E-state index in [2.05, 4.69) is 9.97 Å². The number of ether oxygens (including phenoxy) is 1. The lowest BCUT2D eigenvalue weighted by atomic mass is 10.4. The third-order valence-electron chi connectivity index (χ3n) is 2.40. The van der Waals surface area contributed by atoms with Gasteiger partial charge < -0.3 is 15.4 Å². The van der Waals surface area contributed by atoms with E-state index >= 15 is 0 Å². The zero-order chi connectivity index (χ0) is 13.1. The average Bonchev–Trinajstić information content (AvgIpc) is 2.74. The Morgan fingerprint density at radius 1 is 1.44 bits per heavy atom. The molecule has 0 saturated carbocycles. The highest BCUT2D eigenvalue weighted by Gasteiger charge is 2.14. The number of rotatable bonds is 4. The van der Waals surface area contributed by atoms with Crippen molar-refractivity contribution in [2.24, 2.45) is 0 Å². The largest absolute Gasteiger partial charge is 0.490 e. The molecule has 0 bridgehead atoms. The molecular weight excluding hydrogens is 272 g/mol. The maximum atomic E-state index is 5.90. The van der Waals surface area contributed by atoms with Crippen LogP contribution in [0.3, 0.4) is 0 Å². The van der Waals surface area contributed by atoms with Gasteiger partial charge in [-0.15, -0.1) is 11.3 Å². The number of halogens is 1. The average molecular weight is 285 g/mol. The highest BCUT2D eigenvalue weighted by Crippen LogP contribution is 2.31. The fraction of sp³-hybridized carbons (Fsp3) is 0.273. The molecule has 18 heavy (non-hydrogen) atoms. The lowest BCUT2D eigenvalue weighted by molar-refractivity contribution is 0.413. The minimum Gasteiger partial charge on any atom is -0.490 e. The molecule has 2 aromatic rings. The Morgan fingerprint density at radius 2 is 2.22 bits per heavy atom. The molecular formula is C11H13ClN4OS.